The number of hydrogen-bond acceptors (Lipinski definition) is 3. The first kappa shape index (κ1) is 14.0. The molecule has 1 rings (SSSR count). The molecule has 0 bridgehead atoms. The van der Waals surface area contributed by atoms with Gasteiger partial charge in [-0.25, -0.2) is 4.79 Å². The van der Waals surface area contributed by atoms with Gasteiger partial charge in [0, 0.05) is 13.0 Å². The Morgan fingerprint density at radius 2 is 2.12 bits per heavy atom. The molecule has 1 saturated heterocycles. The highest BCUT2D eigenvalue weighted by Crippen LogP contribution is 2.29. The van der Waals surface area contributed by atoms with Crippen molar-refractivity contribution in [2.24, 2.45) is 11.7 Å². The van der Waals surface area contributed by atoms with E-state index in [1.807, 2.05) is 6.92 Å². The Morgan fingerprint density at radius 3 is 2.65 bits per heavy atom. The second-order valence-corrected chi connectivity index (χ2v) is 5.13. The molecular weight excluding hydrogens is 220 g/mol. The molecule has 0 aromatic rings. The van der Waals surface area contributed by atoms with Gasteiger partial charge >= 0.3 is 5.97 Å². The van der Waals surface area contributed by atoms with Gasteiger partial charge in [0.05, 0.1) is 0 Å². The topological polar surface area (TPSA) is 83.6 Å². The molecule has 3 N–H and O–H groups in total. The molecule has 5 heteroatoms. The van der Waals surface area contributed by atoms with Crippen molar-refractivity contribution in [3.63, 3.8) is 0 Å². The number of piperidine rings is 1. The van der Waals surface area contributed by atoms with Gasteiger partial charge in [-0.3, -0.25) is 4.79 Å². The van der Waals surface area contributed by atoms with Gasteiger partial charge in [0.25, 0.3) is 0 Å². The molecule has 98 valence electrons. The number of nitrogens with zero attached hydrogens (tertiary/aromatic N) is 1. The molecular formula is C12H22N2O3. The SMILES string of the molecule is CC(CN)CC(=O)N1CCCCC1(C)C(=O)O. The highest BCUT2D eigenvalue weighted by Gasteiger charge is 2.43. The number of rotatable bonds is 4. The van der Waals surface area contributed by atoms with E-state index in [0.29, 0.717) is 25.9 Å². The summed E-state index contributed by atoms with van der Waals surface area (Å²) in [5.74, 6) is -0.902. The Kier molecular flexibility index (Phi) is 4.51. The van der Waals surface area contributed by atoms with E-state index in [0.717, 1.165) is 12.8 Å². The van der Waals surface area contributed by atoms with Gasteiger partial charge in [-0.2, -0.15) is 0 Å². The number of carbonyl (C=O) groups is 2. The van der Waals surface area contributed by atoms with Crippen LogP contribution in [-0.2, 0) is 9.59 Å². The maximum Gasteiger partial charge on any atom is 0.329 e. The van der Waals surface area contributed by atoms with Gasteiger partial charge in [0.2, 0.25) is 5.91 Å². The largest absolute Gasteiger partial charge is 0.480 e. The zero-order valence-corrected chi connectivity index (χ0v) is 10.6. The number of likely N-dealkylation sites (tertiary alicyclic amines) is 1. The molecule has 0 saturated carbocycles. The summed E-state index contributed by atoms with van der Waals surface area (Å²) in [6, 6.07) is 0. The number of amides is 1. The van der Waals surface area contributed by atoms with Crippen molar-refractivity contribution in [3.05, 3.63) is 0 Å². The van der Waals surface area contributed by atoms with E-state index in [-0.39, 0.29) is 11.8 Å². The summed E-state index contributed by atoms with van der Waals surface area (Å²) in [6.07, 6.45) is 2.61. The predicted octanol–water partition coefficient (Wildman–Crippen LogP) is 0.827. The minimum Gasteiger partial charge on any atom is -0.480 e. The number of nitrogens with two attached hydrogens (primary N) is 1. The van der Waals surface area contributed by atoms with Gasteiger partial charge in [-0.1, -0.05) is 6.92 Å². The van der Waals surface area contributed by atoms with E-state index >= 15 is 0 Å². The van der Waals surface area contributed by atoms with Crippen LogP contribution in [0.15, 0.2) is 0 Å². The lowest BCUT2D eigenvalue weighted by molar-refractivity contribution is -0.161. The molecule has 2 unspecified atom stereocenters. The molecule has 1 fully saturated rings. The molecule has 0 aliphatic carbocycles. The Hall–Kier alpha value is -1.10. The van der Waals surface area contributed by atoms with Crippen molar-refractivity contribution in [2.75, 3.05) is 13.1 Å². The number of carboxylic acids is 1. The lowest BCUT2D eigenvalue weighted by Gasteiger charge is -2.42. The third-order valence-corrected chi connectivity index (χ3v) is 3.58. The van der Waals surface area contributed by atoms with Crippen LogP contribution >= 0.6 is 0 Å². The fourth-order valence-electron chi connectivity index (χ4n) is 2.23. The first-order valence-corrected chi connectivity index (χ1v) is 6.15. The zero-order valence-electron chi connectivity index (χ0n) is 10.6. The second-order valence-electron chi connectivity index (χ2n) is 5.13. The van der Waals surface area contributed by atoms with Crippen LogP contribution in [0.4, 0.5) is 0 Å². The third-order valence-electron chi connectivity index (χ3n) is 3.58. The Morgan fingerprint density at radius 1 is 1.47 bits per heavy atom. The van der Waals surface area contributed by atoms with Crippen molar-refractivity contribution in [3.8, 4) is 0 Å². The number of carbonyl (C=O) groups excluding carboxylic acids is 1. The summed E-state index contributed by atoms with van der Waals surface area (Å²) >= 11 is 0. The lowest BCUT2D eigenvalue weighted by atomic mass is 9.87. The van der Waals surface area contributed by atoms with E-state index in [9.17, 15) is 14.7 Å². The highest BCUT2D eigenvalue weighted by molar-refractivity contribution is 5.87. The van der Waals surface area contributed by atoms with Gasteiger partial charge in [-0.05, 0) is 38.6 Å². The summed E-state index contributed by atoms with van der Waals surface area (Å²) < 4.78 is 0. The van der Waals surface area contributed by atoms with E-state index in [1.54, 1.807) is 6.92 Å². The maximum absolute atomic E-state index is 12.1. The normalized spacial score (nSPS) is 26.6. The van der Waals surface area contributed by atoms with Crippen molar-refractivity contribution < 1.29 is 14.7 Å². The van der Waals surface area contributed by atoms with Crippen LogP contribution in [0.2, 0.25) is 0 Å². The van der Waals surface area contributed by atoms with Crippen molar-refractivity contribution in [2.45, 2.75) is 45.1 Å². The molecule has 0 radical (unpaired) electrons. The second kappa shape index (κ2) is 5.49. The summed E-state index contributed by atoms with van der Waals surface area (Å²) in [5, 5.41) is 9.29. The number of carboxylic acid groups (broad SMARTS) is 1. The van der Waals surface area contributed by atoms with E-state index < -0.39 is 11.5 Å². The van der Waals surface area contributed by atoms with Crippen LogP contribution < -0.4 is 5.73 Å². The van der Waals surface area contributed by atoms with Gasteiger partial charge in [0.15, 0.2) is 0 Å². The molecule has 1 aliphatic heterocycles. The average molecular weight is 242 g/mol. The van der Waals surface area contributed by atoms with Crippen LogP contribution in [0.3, 0.4) is 0 Å². The van der Waals surface area contributed by atoms with Crippen LogP contribution in [-0.4, -0.2) is 40.5 Å². The van der Waals surface area contributed by atoms with Crippen LogP contribution in [0.1, 0.15) is 39.5 Å². The fourth-order valence-corrected chi connectivity index (χ4v) is 2.23. The van der Waals surface area contributed by atoms with Crippen LogP contribution in [0, 0.1) is 5.92 Å². The fraction of sp³-hybridized carbons (Fsp3) is 0.833. The van der Waals surface area contributed by atoms with Crippen molar-refractivity contribution in [1.29, 1.82) is 0 Å². The van der Waals surface area contributed by atoms with Crippen molar-refractivity contribution >= 4 is 11.9 Å². The van der Waals surface area contributed by atoms with E-state index in [4.69, 9.17) is 5.73 Å². The summed E-state index contributed by atoms with van der Waals surface area (Å²) in [5.41, 5.74) is 4.45. The van der Waals surface area contributed by atoms with Crippen molar-refractivity contribution in [1.82, 2.24) is 4.90 Å². The number of aliphatic carboxylic acids is 1. The number of hydrogen-bond donors (Lipinski definition) is 2. The highest BCUT2D eigenvalue weighted by atomic mass is 16.4. The molecule has 2 atom stereocenters. The van der Waals surface area contributed by atoms with Crippen LogP contribution in [0.5, 0.6) is 0 Å². The first-order chi connectivity index (χ1) is 7.91. The van der Waals surface area contributed by atoms with Gasteiger partial charge < -0.3 is 15.7 Å². The predicted molar refractivity (Wildman–Crippen MR) is 64.4 cm³/mol. The molecule has 5 nitrogen and oxygen atoms in total. The summed E-state index contributed by atoms with van der Waals surface area (Å²) in [6.45, 7) is 4.53. The molecule has 0 aromatic carbocycles. The minimum absolute atomic E-state index is 0.0902. The monoisotopic (exact) mass is 242 g/mol. The molecule has 0 spiro atoms. The summed E-state index contributed by atoms with van der Waals surface area (Å²) in [4.78, 5) is 24.9. The lowest BCUT2D eigenvalue weighted by Crippen LogP contribution is -2.57. The Balaban J connectivity index is 2.78. The first-order valence-electron chi connectivity index (χ1n) is 6.15. The zero-order chi connectivity index (χ0) is 13.1. The summed E-state index contributed by atoms with van der Waals surface area (Å²) in [7, 11) is 0. The smallest absolute Gasteiger partial charge is 0.329 e. The molecule has 17 heavy (non-hydrogen) atoms. The van der Waals surface area contributed by atoms with Gasteiger partial charge in [-0.15, -0.1) is 0 Å². The Labute approximate surface area is 102 Å². The Bertz CT molecular complexity index is 306. The molecule has 1 heterocycles. The van der Waals surface area contributed by atoms with Crippen LogP contribution in [0.25, 0.3) is 0 Å². The average Bonchev–Trinajstić information content (AvgIpc) is 2.29. The minimum atomic E-state index is -1.04. The molecule has 1 aliphatic rings. The molecule has 0 aromatic heterocycles. The third kappa shape index (κ3) is 2.97. The van der Waals surface area contributed by atoms with Gasteiger partial charge in [0.1, 0.15) is 5.54 Å². The standard InChI is InChI=1S/C12H22N2O3/c1-9(8-13)7-10(15)14-6-4-3-5-12(14,2)11(16)17/h9H,3-8,13H2,1-2H3,(H,16,17). The molecule has 1 amide bonds. The van der Waals surface area contributed by atoms with E-state index in [1.165, 1.54) is 4.90 Å². The quantitative estimate of drug-likeness (QED) is 0.764. The van der Waals surface area contributed by atoms with E-state index in [2.05, 4.69) is 0 Å². The maximum atomic E-state index is 12.1.